The van der Waals surface area contributed by atoms with Crippen molar-refractivity contribution in [3.8, 4) is 0 Å². The number of rotatable bonds is 4. The topological polar surface area (TPSA) is 120 Å². The standard InChI is InChI=1S/C33H40Cl2N4O4/c1-31(2)10-11-32(17-33(31)25-9-4-20(34)15-26(25)38-30(33)43)16-24(18-12-19(28(41)36-3)14-21(35)13-18)27(39-32)29(42)37-22-5-7-23(40)8-6-22/h4,9,12-15,22-24,27,39-40H,5-8,10-11,16-17H2,1-3H3,(H,36,41)(H,37,42)(H,38,43)/t22?,23?,24-,27-,32-,33-/m1/s1. The summed E-state index contributed by atoms with van der Waals surface area (Å²) in [6, 6.07) is 10.3. The fourth-order valence-electron chi connectivity index (χ4n) is 8.29. The SMILES string of the molecule is CNC(=O)c1cc(Cl)cc([C@H]2C[C@@]3(CCC(C)(C)[C@@]4(C3)C(=O)Nc3cc(Cl)ccc34)N[C@H]2C(=O)NC2CCC(O)CC2)c1. The lowest BCUT2D eigenvalue weighted by Gasteiger charge is -2.53. The van der Waals surface area contributed by atoms with Crippen LogP contribution in [0.3, 0.4) is 0 Å². The molecule has 8 nitrogen and oxygen atoms in total. The van der Waals surface area contributed by atoms with Gasteiger partial charge in [0, 0.05) is 45.8 Å². The van der Waals surface area contributed by atoms with E-state index in [2.05, 4.69) is 35.1 Å². The molecule has 2 aliphatic heterocycles. The van der Waals surface area contributed by atoms with Crippen LogP contribution in [0.2, 0.25) is 10.0 Å². The number of amides is 3. The summed E-state index contributed by atoms with van der Waals surface area (Å²) in [5, 5.41) is 23.8. The highest BCUT2D eigenvalue weighted by Gasteiger charge is 2.64. The van der Waals surface area contributed by atoms with Crippen LogP contribution in [0.1, 0.15) is 92.6 Å². The third kappa shape index (κ3) is 5.24. The zero-order valence-electron chi connectivity index (χ0n) is 24.9. The third-order valence-electron chi connectivity index (χ3n) is 10.7. The molecule has 6 rings (SSSR count). The van der Waals surface area contributed by atoms with Gasteiger partial charge in [0.15, 0.2) is 0 Å². The minimum atomic E-state index is -0.810. The Labute approximate surface area is 262 Å². The van der Waals surface area contributed by atoms with Crippen molar-refractivity contribution < 1.29 is 19.5 Å². The van der Waals surface area contributed by atoms with Crippen LogP contribution in [0.5, 0.6) is 0 Å². The van der Waals surface area contributed by atoms with Crippen molar-refractivity contribution in [3.63, 3.8) is 0 Å². The van der Waals surface area contributed by atoms with Gasteiger partial charge in [-0.2, -0.15) is 0 Å². The third-order valence-corrected chi connectivity index (χ3v) is 11.2. The molecule has 2 aliphatic carbocycles. The van der Waals surface area contributed by atoms with E-state index in [1.54, 1.807) is 13.1 Å². The number of fused-ring (bicyclic) bond motifs is 2. The van der Waals surface area contributed by atoms with Gasteiger partial charge in [-0.15, -0.1) is 0 Å². The van der Waals surface area contributed by atoms with Gasteiger partial charge in [0.25, 0.3) is 5.91 Å². The van der Waals surface area contributed by atoms with Crippen molar-refractivity contribution in [1.82, 2.24) is 16.0 Å². The molecule has 4 aliphatic rings. The smallest absolute Gasteiger partial charge is 0.251 e. The van der Waals surface area contributed by atoms with Gasteiger partial charge in [-0.05, 0) is 98.2 Å². The molecule has 43 heavy (non-hydrogen) atoms. The molecule has 0 aromatic heterocycles. The number of hydrogen-bond donors (Lipinski definition) is 5. The maximum atomic E-state index is 14.1. The molecule has 1 saturated heterocycles. The first-order chi connectivity index (χ1) is 20.4. The fraction of sp³-hybridized carbons (Fsp3) is 0.545. The van der Waals surface area contributed by atoms with Gasteiger partial charge in [0.2, 0.25) is 11.8 Å². The number of halogens is 2. The van der Waals surface area contributed by atoms with Gasteiger partial charge < -0.3 is 21.1 Å². The molecular formula is C33H40Cl2N4O4. The highest BCUT2D eigenvalue weighted by molar-refractivity contribution is 6.31. The van der Waals surface area contributed by atoms with E-state index in [1.807, 2.05) is 30.3 Å². The van der Waals surface area contributed by atoms with Gasteiger partial charge >= 0.3 is 0 Å². The van der Waals surface area contributed by atoms with Crippen molar-refractivity contribution >= 4 is 46.6 Å². The first-order valence-electron chi connectivity index (χ1n) is 15.3. The molecule has 4 atom stereocenters. The van der Waals surface area contributed by atoms with Crippen LogP contribution < -0.4 is 21.3 Å². The average molecular weight is 628 g/mol. The second-order valence-corrected chi connectivity index (χ2v) is 14.6. The van der Waals surface area contributed by atoms with Crippen molar-refractivity contribution in [1.29, 1.82) is 0 Å². The molecule has 2 aromatic rings. The normalized spacial score (nSPS) is 32.8. The molecule has 2 heterocycles. The number of benzene rings is 2. The van der Waals surface area contributed by atoms with Crippen LogP contribution in [-0.4, -0.2) is 53.6 Å². The first kappa shape index (κ1) is 30.4. The molecular weight excluding hydrogens is 587 g/mol. The second kappa shape index (κ2) is 11.1. The number of aliphatic hydroxyl groups is 1. The molecule has 3 fully saturated rings. The Hall–Kier alpha value is -2.65. The molecule has 2 saturated carbocycles. The quantitative estimate of drug-likeness (QED) is 0.325. The highest BCUT2D eigenvalue weighted by atomic mass is 35.5. The Morgan fingerprint density at radius 3 is 2.47 bits per heavy atom. The lowest BCUT2D eigenvalue weighted by Crippen LogP contribution is -2.61. The summed E-state index contributed by atoms with van der Waals surface area (Å²) in [6.07, 6.45) is 5.15. The van der Waals surface area contributed by atoms with Gasteiger partial charge in [-0.3, -0.25) is 19.7 Å². The maximum absolute atomic E-state index is 14.1. The van der Waals surface area contributed by atoms with E-state index in [4.69, 9.17) is 23.2 Å². The van der Waals surface area contributed by atoms with Gasteiger partial charge in [-0.1, -0.05) is 43.1 Å². The zero-order chi connectivity index (χ0) is 30.7. The number of hydrogen-bond acceptors (Lipinski definition) is 5. The number of aliphatic hydroxyl groups excluding tert-OH is 1. The lowest BCUT2D eigenvalue weighted by atomic mass is 9.51. The van der Waals surface area contributed by atoms with E-state index < -0.39 is 17.0 Å². The Morgan fingerprint density at radius 1 is 1.00 bits per heavy atom. The predicted octanol–water partition coefficient (Wildman–Crippen LogP) is 5.06. The number of nitrogens with one attached hydrogen (secondary N) is 4. The van der Waals surface area contributed by atoms with E-state index in [9.17, 15) is 19.5 Å². The van der Waals surface area contributed by atoms with E-state index in [0.717, 1.165) is 42.5 Å². The van der Waals surface area contributed by atoms with Gasteiger partial charge in [0.05, 0.1) is 17.6 Å². The Bertz CT molecular complexity index is 1470. The Kier molecular flexibility index (Phi) is 7.81. The van der Waals surface area contributed by atoms with Crippen LogP contribution in [0, 0.1) is 5.41 Å². The van der Waals surface area contributed by atoms with Crippen LogP contribution in [0.25, 0.3) is 0 Å². The van der Waals surface area contributed by atoms with E-state index in [1.165, 1.54) is 0 Å². The fourth-order valence-corrected chi connectivity index (χ4v) is 8.70. The zero-order valence-corrected chi connectivity index (χ0v) is 26.4. The molecule has 0 bridgehead atoms. The minimum absolute atomic E-state index is 0.00967. The molecule has 0 radical (unpaired) electrons. The summed E-state index contributed by atoms with van der Waals surface area (Å²) in [5.74, 6) is -0.664. The molecule has 5 N–H and O–H groups in total. The average Bonchev–Trinajstić information content (AvgIpc) is 3.47. The predicted molar refractivity (Wildman–Crippen MR) is 168 cm³/mol. The molecule has 2 aromatic carbocycles. The van der Waals surface area contributed by atoms with Crippen molar-refractivity contribution in [2.24, 2.45) is 5.41 Å². The summed E-state index contributed by atoms with van der Waals surface area (Å²) >= 11 is 12.9. The van der Waals surface area contributed by atoms with Gasteiger partial charge in [-0.25, -0.2) is 0 Å². The van der Waals surface area contributed by atoms with Crippen LogP contribution in [0.4, 0.5) is 5.69 Å². The van der Waals surface area contributed by atoms with E-state index in [-0.39, 0.29) is 41.2 Å². The Balaban J connectivity index is 1.39. The van der Waals surface area contributed by atoms with Gasteiger partial charge in [0.1, 0.15) is 0 Å². The highest BCUT2D eigenvalue weighted by Crippen LogP contribution is 2.62. The van der Waals surface area contributed by atoms with E-state index >= 15 is 0 Å². The van der Waals surface area contributed by atoms with E-state index in [0.29, 0.717) is 41.3 Å². The van der Waals surface area contributed by atoms with Crippen LogP contribution in [-0.2, 0) is 15.0 Å². The maximum Gasteiger partial charge on any atom is 0.251 e. The summed E-state index contributed by atoms with van der Waals surface area (Å²) in [4.78, 5) is 40.7. The molecule has 10 heteroatoms. The summed E-state index contributed by atoms with van der Waals surface area (Å²) in [7, 11) is 1.58. The van der Waals surface area contributed by atoms with Crippen molar-refractivity contribution in [2.45, 2.75) is 100 Å². The number of carbonyl (C=O) groups is 3. The number of anilines is 1. The molecule has 0 unspecified atom stereocenters. The molecule has 230 valence electrons. The largest absolute Gasteiger partial charge is 0.393 e. The second-order valence-electron chi connectivity index (χ2n) is 13.7. The van der Waals surface area contributed by atoms with Crippen molar-refractivity contribution in [2.75, 3.05) is 12.4 Å². The lowest BCUT2D eigenvalue weighted by molar-refractivity contribution is -0.129. The minimum Gasteiger partial charge on any atom is -0.393 e. The summed E-state index contributed by atoms with van der Waals surface area (Å²) < 4.78 is 0. The molecule has 3 amide bonds. The first-order valence-corrected chi connectivity index (χ1v) is 16.0. The monoisotopic (exact) mass is 626 g/mol. The van der Waals surface area contributed by atoms with Crippen LogP contribution >= 0.6 is 23.2 Å². The number of carbonyl (C=O) groups excluding carboxylic acids is 3. The summed E-state index contributed by atoms with van der Waals surface area (Å²) in [5.41, 5.74) is 1.28. The summed E-state index contributed by atoms with van der Waals surface area (Å²) in [6.45, 7) is 4.31. The van der Waals surface area contributed by atoms with Crippen LogP contribution in [0.15, 0.2) is 36.4 Å². The molecule has 2 spiro atoms. The Morgan fingerprint density at radius 2 is 1.74 bits per heavy atom. The van der Waals surface area contributed by atoms with Crippen molar-refractivity contribution in [3.05, 3.63) is 63.1 Å².